The molecular formula is C22H26N2O4. The predicted molar refractivity (Wildman–Crippen MR) is 107 cm³/mol. The van der Waals surface area contributed by atoms with Gasteiger partial charge in [0.2, 0.25) is 12.7 Å². The molecule has 1 atom stereocenters. The lowest BCUT2D eigenvalue weighted by Gasteiger charge is -2.27. The van der Waals surface area contributed by atoms with Crippen LogP contribution in [0.5, 0.6) is 17.2 Å². The molecule has 6 nitrogen and oxygen atoms in total. The van der Waals surface area contributed by atoms with E-state index in [1.807, 2.05) is 18.2 Å². The summed E-state index contributed by atoms with van der Waals surface area (Å²) in [4.78, 5) is 14.7. The molecule has 2 aromatic rings. The summed E-state index contributed by atoms with van der Waals surface area (Å²) in [6, 6.07) is 10.1. The lowest BCUT2D eigenvalue weighted by molar-refractivity contribution is -0.116. The van der Waals surface area contributed by atoms with E-state index in [4.69, 9.17) is 14.2 Å². The van der Waals surface area contributed by atoms with Crippen LogP contribution in [-0.2, 0) is 11.3 Å². The molecule has 2 aliphatic rings. The Balaban J connectivity index is 1.74. The third-order valence-electron chi connectivity index (χ3n) is 5.58. The second kappa shape index (κ2) is 7.72. The van der Waals surface area contributed by atoms with Gasteiger partial charge in [-0.25, -0.2) is 0 Å². The van der Waals surface area contributed by atoms with E-state index < -0.39 is 0 Å². The average molecular weight is 382 g/mol. The first-order chi connectivity index (χ1) is 13.6. The minimum Gasteiger partial charge on any atom is -0.496 e. The van der Waals surface area contributed by atoms with Crippen molar-refractivity contribution in [1.82, 2.24) is 4.90 Å². The molecular weight excluding hydrogens is 356 g/mol. The topological polar surface area (TPSA) is 60.0 Å². The number of hydrogen-bond acceptors (Lipinski definition) is 5. The number of anilines is 1. The summed E-state index contributed by atoms with van der Waals surface area (Å²) in [6.45, 7) is 7.29. The molecule has 2 aliphatic heterocycles. The number of hydrogen-bond donors (Lipinski definition) is 1. The van der Waals surface area contributed by atoms with Crippen LogP contribution < -0.4 is 19.5 Å². The Kier molecular flexibility index (Phi) is 5.13. The second-order valence-corrected chi connectivity index (χ2v) is 7.13. The molecule has 4 rings (SSSR count). The van der Waals surface area contributed by atoms with Crippen molar-refractivity contribution in [1.29, 1.82) is 0 Å². The molecule has 0 aromatic heterocycles. The highest BCUT2D eigenvalue weighted by molar-refractivity contribution is 5.96. The number of carbonyl (C=O) groups is 1. The number of carbonyl (C=O) groups excluding carboxylic acids is 1. The number of ether oxygens (including phenoxy) is 3. The predicted octanol–water partition coefficient (Wildman–Crippen LogP) is 3.74. The highest BCUT2D eigenvalue weighted by Crippen LogP contribution is 2.45. The zero-order chi connectivity index (χ0) is 19.7. The van der Waals surface area contributed by atoms with Gasteiger partial charge in [0.15, 0.2) is 11.5 Å². The van der Waals surface area contributed by atoms with E-state index in [1.165, 1.54) is 0 Å². The molecule has 6 heteroatoms. The average Bonchev–Trinajstić information content (AvgIpc) is 3.17. The minimum absolute atomic E-state index is 0.0116. The zero-order valence-electron chi connectivity index (χ0n) is 16.6. The number of nitrogens with zero attached hydrogens (tertiary/aromatic N) is 1. The third-order valence-corrected chi connectivity index (χ3v) is 5.58. The van der Waals surface area contributed by atoms with Crippen LogP contribution in [-0.4, -0.2) is 37.8 Å². The summed E-state index contributed by atoms with van der Waals surface area (Å²) in [5.41, 5.74) is 4.10. The van der Waals surface area contributed by atoms with Crippen molar-refractivity contribution in [2.24, 2.45) is 0 Å². The van der Waals surface area contributed by atoms with Gasteiger partial charge in [-0.15, -0.1) is 0 Å². The van der Waals surface area contributed by atoms with Gasteiger partial charge in [-0.2, -0.15) is 0 Å². The SMILES string of the molecule is CCN(CC)Cc1cc([C@@H]2CC(=O)Nc3cc4c(cc32)OCO4)ccc1OC. The van der Waals surface area contributed by atoms with Crippen molar-refractivity contribution in [2.45, 2.75) is 32.7 Å². The van der Waals surface area contributed by atoms with Gasteiger partial charge in [0, 0.05) is 36.2 Å². The normalized spacial score (nSPS) is 17.4. The molecule has 0 saturated carbocycles. The Bertz CT molecular complexity index is 892. The second-order valence-electron chi connectivity index (χ2n) is 7.13. The third kappa shape index (κ3) is 3.40. The summed E-state index contributed by atoms with van der Waals surface area (Å²) in [6.07, 6.45) is 0.406. The molecule has 0 radical (unpaired) electrons. The molecule has 0 unspecified atom stereocenters. The van der Waals surface area contributed by atoms with Crippen LogP contribution in [0.2, 0.25) is 0 Å². The molecule has 2 aromatic carbocycles. The number of rotatable bonds is 6. The smallest absolute Gasteiger partial charge is 0.231 e. The van der Waals surface area contributed by atoms with Crippen LogP contribution >= 0.6 is 0 Å². The Morgan fingerprint density at radius 3 is 2.61 bits per heavy atom. The standard InChI is InChI=1S/C22H26N2O4/c1-4-24(5-2)12-15-8-14(6-7-19(15)26-3)16-10-22(25)23-18-11-21-20(9-17(16)18)27-13-28-21/h6-9,11,16H,4-5,10,12-13H2,1-3H3,(H,23,25)/t16-/m0/s1. The highest BCUT2D eigenvalue weighted by Gasteiger charge is 2.30. The van der Waals surface area contributed by atoms with E-state index in [0.29, 0.717) is 12.2 Å². The van der Waals surface area contributed by atoms with Crippen molar-refractivity contribution in [3.63, 3.8) is 0 Å². The van der Waals surface area contributed by atoms with Gasteiger partial charge >= 0.3 is 0 Å². The molecule has 0 saturated heterocycles. The molecule has 148 valence electrons. The Hall–Kier alpha value is -2.73. The fraction of sp³-hybridized carbons (Fsp3) is 0.409. The first kappa shape index (κ1) is 18.6. The molecule has 0 spiro atoms. The van der Waals surface area contributed by atoms with Gasteiger partial charge in [0.05, 0.1) is 7.11 Å². The zero-order valence-corrected chi connectivity index (χ0v) is 16.6. The van der Waals surface area contributed by atoms with E-state index in [0.717, 1.165) is 53.5 Å². The highest BCUT2D eigenvalue weighted by atomic mass is 16.7. The van der Waals surface area contributed by atoms with Gasteiger partial charge in [-0.3, -0.25) is 9.69 Å². The van der Waals surface area contributed by atoms with Crippen LogP contribution in [0, 0.1) is 0 Å². The van der Waals surface area contributed by atoms with Gasteiger partial charge in [-0.1, -0.05) is 26.0 Å². The van der Waals surface area contributed by atoms with Crippen molar-refractivity contribution < 1.29 is 19.0 Å². The van der Waals surface area contributed by atoms with Gasteiger partial charge < -0.3 is 19.5 Å². The van der Waals surface area contributed by atoms with Gasteiger partial charge in [-0.05, 0) is 36.3 Å². The lowest BCUT2D eigenvalue weighted by Crippen LogP contribution is -2.24. The van der Waals surface area contributed by atoms with Crippen LogP contribution in [0.3, 0.4) is 0 Å². The fourth-order valence-electron chi connectivity index (χ4n) is 3.98. The largest absolute Gasteiger partial charge is 0.496 e. The van der Waals surface area contributed by atoms with Crippen LogP contribution in [0.4, 0.5) is 5.69 Å². The maximum absolute atomic E-state index is 12.4. The molecule has 0 bridgehead atoms. The monoisotopic (exact) mass is 382 g/mol. The number of amides is 1. The first-order valence-corrected chi connectivity index (χ1v) is 9.75. The molecule has 0 fully saturated rings. The van der Waals surface area contributed by atoms with Gasteiger partial charge in [0.1, 0.15) is 5.75 Å². The number of benzene rings is 2. The Morgan fingerprint density at radius 1 is 1.14 bits per heavy atom. The van der Waals surface area contributed by atoms with Crippen LogP contribution in [0.15, 0.2) is 30.3 Å². The van der Waals surface area contributed by atoms with E-state index in [1.54, 1.807) is 7.11 Å². The maximum Gasteiger partial charge on any atom is 0.231 e. The lowest BCUT2D eigenvalue weighted by atomic mass is 9.84. The van der Waals surface area contributed by atoms with E-state index in [9.17, 15) is 4.79 Å². The van der Waals surface area contributed by atoms with Crippen molar-refractivity contribution in [2.75, 3.05) is 32.3 Å². The summed E-state index contributed by atoms with van der Waals surface area (Å²) < 4.78 is 16.6. The minimum atomic E-state index is -0.0281. The van der Waals surface area contributed by atoms with E-state index in [2.05, 4.69) is 36.2 Å². The van der Waals surface area contributed by atoms with Gasteiger partial charge in [0.25, 0.3) is 0 Å². The number of methoxy groups -OCH3 is 1. The van der Waals surface area contributed by atoms with E-state index >= 15 is 0 Å². The van der Waals surface area contributed by atoms with Crippen LogP contribution in [0.1, 0.15) is 42.9 Å². The summed E-state index contributed by atoms with van der Waals surface area (Å²) >= 11 is 0. The first-order valence-electron chi connectivity index (χ1n) is 9.75. The summed E-state index contributed by atoms with van der Waals surface area (Å²) in [7, 11) is 1.70. The molecule has 28 heavy (non-hydrogen) atoms. The van der Waals surface area contributed by atoms with Crippen LogP contribution in [0.25, 0.3) is 0 Å². The van der Waals surface area contributed by atoms with Crippen molar-refractivity contribution in [3.8, 4) is 17.2 Å². The quantitative estimate of drug-likeness (QED) is 0.825. The maximum atomic E-state index is 12.4. The molecule has 0 aliphatic carbocycles. The Morgan fingerprint density at radius 2 is 1.89 bits per heavy atom. The molecule has 1 N–H and O–H groups in total. The Labute approximate surface area is 165 Å². The molecule has 2 heterocycles. The fourth-order valence-corrected chi connectivity index (χ4v) is 3.98. The molecule has 1 amide bonds. The summed E-state index contributed by atoms with van der Waals surface area (Å²) in [5.74, 6) is 2.27. The summed E-state index contributed by atoms with van der Waals surface area (Å²) in [5, 5.41) is 2.97. The van der Waals surface area contributed by atoms with E-state index in [-0.39, 0.29) is 18.6 Å². The van der Waals surface area contributed by atoms with Crippen molar-refractivity contribution in [3.05, 3.63) is 47.0 Å². The number of nitrogens with one attached hydrogen (secondary N) is 1. The number of fused-ring (bicyclic) bond motifs is 2. The van der Waals surface area contributed by atoms with Crippen molar-refractivity contribution >= 4 is 11.6 Å².